The molecule has 0 saturated carbocycles. The van der Waals surface area contributed by atoms with Crippen molar-refractivity contribution in [2.24, 2.45) is 0 Å². The van der Waals surface area contributed by atoms with Crippen LogP contribution < -0.4 is 0 Å². The fourth-order valence-electron chi connectivity index (χ4n) is 0.977. The van der Waals surface area contributed by atoms with E-state index in [2.05, 4.69) is 9.69 Å². The smallest absolute Gasteiger partial charge is 0.311 e. The van der Waals surface area contributed by atoms with E-state index in [-0.39, 0.29) is 11.1 Å². The maximum Gasteiger partial charge on any atom is 0.385 e. The van der Waals surface area contributed by atoms with Crippen molar-refractivity contribution < 1.29 is 9.59 Å². The molecule has 1 rings (SSSR count). The zero-order valence-corrected chi connectivity index (χ0v) is 7.02. The monoisotopic (exact) mass is 184 g/mol. The van der Waals surface area contributed by atoms with E-state index in [0.717, 1.165) is 0 Å². The molecule has 66 valence electrons. The third-order valence-corrected chi connectivity index (χ3v) is 1.59. The first kappa shape index (κ1) is 9.63. The molecule has 1 aromatic rings. The van der Waals surface area contributed by atoms with Gasteiger partial charge >= 0.3 is 11.8 Å². The Kier molecular flexibility index (Phi) is 2.73. The maximum atomic E-state index is 11.0. The van der Waals surface area contributed by atoms with E-state index in [1.54, 1.807) is 12.1 Å². The molecule has 0 aliphatic rings. The zero-order valence-electron chi connectivity index (χ0n) is 7.02. The maximum absolute atomic E-state index is 11.0. The summed E-state index contributed by atoms with van der Waals surface area (Å²) in [5, 5.41) is 0. The van der Waals surface area contributed by atoms with Crippen LogP contribution in [0.5, 0.6) is 0 Å². The average Bonchev–Trinajstić information content (AvgIpc) is 2.27. The molecule has 2 amide bonds. The molecule has 0 spiro atoms. The van der Waals surface area contributed by atoms with Crippen molar-refractivity contribution in [1.82, 2.24) is 0 Å². The standard InChI is InChI=1S/C10H4N2O2/c1-11-9(13)7-5-3-4-6-8(7)10(14)12-2/h3-6H. The Balaban J connectivity index is 3.33. The fraction of sp³-hybridized carbons (Fsp3) is 0. The van der Waals surface area contributed by atoms with Crippen molar-refractivity contribution in [1.29, 1.82) is 0 Å². The second-order valence-corrected chi connectivity index (χ2v) is 2.38. The Hall–Kier alpha value is -2.46. The minimum absolute atomic E-state index is 0.0106. The molecule has 4 nitrogen and oxygen atoms in total. The third kappa shape index (κ3) is 1.65. The number of rotatable bonds is 2. The van der Waals surface area contributed by atoms with Gasteiger partial charge in [0.25, 0.3) is 0 Å². The molecule has 0 unspecified atom stereocenters. The van der Waals surface area contributed by atoms with Gasteiger partial charge in [-0.05, 0) is 0 Å². The quantitative estimate of drug-likeness (QED) is 0.658. The van der Waals surface area contributed by atoms with Crippen LogP contribution in [0.1, 0.15) is 20.7 Å². The molecule has 0 N–H and O–H groups in total. The molecule has 0 saturated heterocycles. The van der Waals surface area contributed by atoms with Gasteiger partial charge in [0.15, 0.2) is 0 Å². The van der Waals surface area contributed by atoms with Gasteiger partial charge < -0.3 is 9.59 Å². The number of amides is 2. The molecule has 0 aliphatic carbocycles. The molecule has 0 aromatic heterocycles. The summed E-state index contributed by atoms with van der Waals surface area (Å²) in [6, 6.07) is 5.80. The Bertz CT molecular complexity index is 433. The van der Waals surface area contributed by atoms with Gasteiger partial charge in [0.2, 0.25) is 0 Å². The lowest BCUT2D eigenvalue weighted by molar-refractivity contribution is 0.101. The Morgan fingerprint density at radius 1 is 0.929 bits per heavy atom. The van der Waals surface area contributed by atoms with Crippen molar-refractivity contribution in [3.05, 3.63) is 58.2 Å². The van der Waals surface area contributed by atoms with Crippen molar-refractivity contribution in [3.63, 3.8) is 0 Å². The molecular formula is C10H4N2O2. The van der Waals surface area contributed by atoms with Crippen LogP contribution in [0.2, 0.25) is 0 Å². The highest BCUT2D eigenvalue weighted by Gasteiger charge is 2.15. The Labute approximate surface area is 80.4 Å². The van der Waals surface area contributed by atoms with E-state index in [1.165, 1.54) is 12.1 Å². The highest BCUT2D eigenvalue weighted by molar-refractivity contribution is 6.13. The van der Waals surface area contributed by atoms with Crippen LogP contribution in [-0.2, 0) is 0 Å². The molecule has 14 heavy (non-hydrogen) atoms. The summed E-state index contributed by atoms with van der Waals surface area (Å²) >= 11 is 0. The second kappa shape index (κ2) is 3.97. The minimum Gasteiger partial charge on any atom is -0.311 e. The largest absolute Gasteiger partial charge is 0.385 e. The van der Waals surface area contributed by atoms with E-state index < -0.39 is 11.8 Å². The summed E-state index contributed by atoms with van der Waals surface area (Å²) in [6.07, 6.45) is 0. The van der Waals surface area contributed by atoms with Gasteiger partial charge in [-0.15, -0.1) is 0 Å². The van der Waals surface area contributed by atoms with E-state index in [4.69, 9.17) is 13.1 Å². The molecule has 0 heterocycles. The van der Waals surface area contributed by atoms with E-state index in [9.17, 15) is 9.59 Å². The predicted molar refractivity (Wildman–Crippen MR) is 48.3 cm³/mol. The highest BCUT2D eigenvalue weighted by Crippen LogP contribution is 2.11. The number of nitrogens with zero attached hydrogens (tertiary/aromatic N) is 2. The molecule has 0 aliphatic heterocycles. The third-order valence-electron chi connectivity index (χ3n) is 1.59. The van der Waals surface area contributed by atoms with E-state index >= 15 is 0 Å². The average molecular weight is 184 g/mol. The van der Waals surface area contributed by atoms with Crippen molar-refractivity contribution >= 4 is 11.8 Å². The topological polar surface area (TPSA) is 42.9 Å². The Morgan fingerprint density at radius 3 is 1.57 bits per heavy atom. The lowest BCUT2D eigenvalue weighted by Gasteiger charge is -1.98. The lowest BCUT2D eigenvalue weighted by Crippen LogP contribution is -2.02. The number of hydrogen-bond acceptors (Lipinski definition) is 2. The van der Waals surface area contributed by atoms with E-state index in [1.807, 2.05) is 0 Å². The first-order valence-corrected chi connectivity index (χ1v) is 3.63. The molecule has 1 aromatic carbocycles. The van der Waals surface area contributed by atoms with Crippen LogP contribution >= 0.6 is 0 Å². The molecule has 4 heteroatoms. The SMILES string of the molecule is [C-]#[N+]C(=O)c1ccccc1C(=O)[N+]#[C-]. The van der Waals surface area contributed by atoms with Gasteiger partial charge in [0.1, 0.15) is 0 Å². The summed E-state index contributed by atoms with van der Waals surface area (Å²) in [5.41, 5.74) is -0.0213. The number of carbonyl (C=O) groups excluding carboxylic acids is 2. The van der Waals surface area contributed by atoms with Crippen LogP contribution in [-0.4, -0.2) is 11.8 Å². The Morgan fingerprint density at radius 2 is 1.29 bits per heavy atom. The van der Waals surface area contributed by atoms with Crippen molar-refractivity contribution in [3.8, 4) is 0 Å². The number of hydrogen-bond donors (Lipinski definition) is 0. The van der Waals surface area contributed by atoms with Gasteiger partial charge in [-0.3, -0.25) is 0 Å². The van der Waals surface area contributed by atoms with Crippen LogP contribution in [0.3, 0.4) is 0 Å². The van der Waals surface area contributed by atoms with Gasteiger partial charge in [-0.2, -0.15) is 9.69 Å². The predicted octanol–water partition coefficient (Wildman–Crippen LogP) is 1.81. The minimum atomic E-state index is -0.822. The molecule has 0 fully saturated rings. The number of carbonyl (C=O) groups is 2. The van der Waals surface area contributed by atoms with E-state index in [0.29, 0.717) is 0 Å². The summed E-state index contributed by atoms with van der Waals surface area (Å²) in [7, 11) is 0. The molecular weight excluding hydrogens is 180 g/mol. The molecule has 0 bridgehead atoms. The normalized spacial score (nSPS) is 8.43. The van der Waals surface area contributed by atoms with Gasteiger partial charge in [-0.1, -0.05) is 24.3 Å². The van der Waals surface area contributed by atoms with Crippen LogP contribution in [0, 0.1) is 13.1 Å². The summed E-state index contributed by atoms with van der Waals surface area (Å²) < 4.78 is 0. The summed E-state index contributed by atoms with van der Waals surface area (Å²) in [6.45, 7) is 13.1. The van der Waals surface area contributed by atoms with Crippen molar-refractivity contribution in [2.45, 2.75) is 0 Å². The van der Waals surface area contributed by atoms with Gasteiger partial charge in [0, 0.05) is 11.1 Å². The first-order valence-electron chi connectivity index (χ1n) is 3.63. The van der Waals surface area contributed by atoms with Crippen LogP contribution in [0.25, 0.3) is 9.69 Å². The summed E-state index contributed by atoms with van der Waals surface area (Å²) in [4.78, 5) is 27.5. The van der Waals surface area contributed by atoms with Crippen LogP contribution in [0.15, 0.2) is 24.3 Å². The number of benzene rings is 1. The van der Waals surface area contributed by atoms with Crippen molar-refractivity contribution in [2.75, 3.05) is 0 Å². The molecule has 0 radical (unpaired) electrons. The fourth-order valence-corrected chi connectivity index (χ4v) is 0.977. The molecule has 0 atom stereocenters. The van der Waals surface area contributed by atoms with Gasteiger partial charge in [-0.25, -0.2) is 0 Å². The van der Waals surface area contributed by atoms with Gasteiger partial charge in [0.05, 0.1) is 13.1 Å². The zero-order chi connectivity index (χ0) is 10.6. The summed E-state index contributed by atoms with van der Waals surface area (Å²) in [5.74, 6) is -1.64. The lowest BCUT2D eigenvalue weighted by atomic mass is 10.1. The highest BCUT2D eigenvalue weighted by atomic mass is 16.2. The first-order chi connectivity index (χ1) is 6.70. The second-order valence-electron chi connectivity index (χ2n) is 2.38. The van der Waals surface area contributed by atoms with Crippen LogP contribution in [0.4, 0.5) is 0 Å².